The fourth-order valence-corrected chi connectivity index (χ4v) is 2.94. The van der Waals surface area contributed by atoms with Gasteiger partial charge in [-0.05, 0) is 45.2 Å². The van der Waals surface area contributed by atoms with E-state index in [0.717, 1.165) is 25.6 Å². The average Bonchev–Trinajstić information content (AvgIpc) is 2.61. The van der Waals surface area contributed by atoms with Crippen LogP contribution < -0.4 is 5.32 Å². The van der Waals surface area contributed by atoms with Crippen molar-refractivity contribution in [2.45, 2.75) is 52.0 Å². The number of nitrogens with zero attached hydrogens (tertiary/aromatic N) is 1. The zero-order valence-corrected chi connectivity index (χ0v) is 12.6. The maximum absolute atomic E-state index is 5.05. The van der Waals surface area contributed by atoms with Gasteiger partial charge in [-0.1, -0.05) is 19.8 Å². The summed E-state index contributed by atoms with van der Waals surface area (Å²) in [5.74, 6) is 0.980. The number of hydrogen-bond donors (Lipinski definition) is 1. The Morgan fingerprint density at radius 3 is 2.89 bits per heavy atom. The van der Waals surface area contributed by atoms with Gasteiger partial charge in [0, 0.05) is 26.2 Å². The van der Waals surface area contributed by atoms with E-state index in [4.69, 9.17) is 4.74 Å². The number of ether oxygens (including phenoxy) is 1. The van der Waals surface area contributed by atoms with Crippen molar-refractivity contribution < 1.29 is 4.74 Å². The zero-order chi connectivity index (χ0) is 13.2. The van der Waals surface area contributed by atoms with Gasteiger partial charge in [-0.2, -0.15) is 0 Å². The second kappa shape index (κ2) is 9.76. The number of methoxy groups -OCH3 is 1. The molecule has 0 spiro atoms. The zero-order valence-electron chi connectivity index (χ0n) is 12.6. The molecule has 1 rings (SSSR count). The van der Waals surface area contributed by atoms with Gasteiger partial charge >= 0.3 is 0 Å². The van der Waals surface area contributed by atoms with Gasteiger partial charge in [-0.25, -0.2) is 0 Å². The molecule has 0 aromatic rings. The summed E-state index contributed by atoms with van der Waals surface area (Å²) >= 11 is 0. The molecule has 1 fully saturated rings. The molecule has 0 bridgehead atoms. The van der Waals surface area contributed by atoms with Crippen LogP contribution in [0.15, 0.2) is 0 Å². The fourth-order valence-electron chi connectivity index (χ4n) is 2.94. The topological polar surface area (TPSA) is 24.5 Å². The van der Waals surface area contributed by atoms with Crippen LogP contribution in [0, 0.1) is 5.92 Å². The van der Waals surface area contributed by atoms with E-state index in [9.17, 15) is 0 Å². The minimum Gasteiger partial charge on any atom is -0.383 e. The largest absolute Gasteiger partial charge is 0.383 e. The molecule has 0 aromatic carbocycles. The molecule has 18 heavy (non-hydrogen) atoms. The van der Waals surface area contributed by atoms with Gasteiger partial charge in [-0.15, -0.1) is 0 Å². The Balaban J connectivity index is 2.20. The van der Waals surface area contributed by atoms with Crippen LogP contribution >= 0.6 is 0 Å². The highest BCUT2D eigenvalue weighted by atomic mass is 16.5. The van der Waals surface area contributed by atoms with E-state index in [0.29, 0.717) is 6.04 Å². The second-order valence-electron chi connectivity index (χ2n) is 5.67. The van der Waals surface area contributed by atoms with E-state index in [2.05, 4.69) is 24.1 Å². The van der Waals surface area contributed by atoms with Gasteiger partial charge in [0.2, 0.25) is 0 Å². The molecule has 1 N–H and O–H groups in total. The first-order chi connectivity index (χ1) is 8.77. The number of nitrogens with one attached hydrogen (secondary N) is 1. The molecule has 1 heterocycles. The van der Waals surface area contributed by atoms with Gasteiger partial charge in [0.05, 0.1) is 6.61 Å². The van der Waals surface area contributed by atoms with Gasteiger partial charge in [0.25, 0.3) is 0 Å². The van der Waals surface area contributed by atoms with Crippen LogP contribution in [0.25, 0.3) is 0 Å². The van der Waals surface area contributed by atoms with Crippen LogP contribution in [0.3, 0.4) is 0 Å². The fraction of sp³-hybridized carbons (Fsp3) is 1.00. The Hall–Kier alpha value is -0.120. The molecule has 108 valence electrons. The third-order valence-electron chi connectivity index (χ3n) is 4.13. The monoisotopic (exact) mass is 256 g/mol. The molecule has 2 atom stereocenters. The van der Waals surface area contributed by atoms with Crippen molar-refractivity contribution in [3.8, 4) is 0 Å². The predicted molar refractivity (Wildman–Crippen MR) is 78.0 cm³/mol. The van der Waals surface area contributed by atoms with Crippen molar-refractivity contribution in [2.24, 2.45) is 5.92 Å². The lowest BCUT2D eigenvalue weighted by Gasteiger charge is -2.28. The van der Waals surface area contributed by atoms with Crippen LogP contribution in [-0.2, 0) is 4.74 Å². The first-order valence-electron chi connectivity index (χ1n) is 7.71. The molecule has 0 aromatic heterocycles. The Kier molecular flexibility index (Phi) is 8.64. The minimum absolute atomic E-state index is 0.655. The van der Waals surface area contributed by atoms with Crippen LogP contribution in [0.1, 0.15) is 46.0 Å². The van der Waals surface area contributed by atoms with Crippen LogP contribution in [-0.4, -0.2) is 50.8 Å². The van der Waals surface area contributed by atoms with E-state index >= 15 is 0 Å². The summed E-state index contributed by atoms with van der Waals surface area (Å²) in [6.07, 6.45) is 6.99. The van der Waals surface area contributed by atoms with Crippen molar-refractivity contribution in [3.63, 3.8) is 0 Å². The summed E-state index contributed by atoms with van der Waals surface area (Å²) < 4.78 is 5.05. The lowest BCUT2D eigenvalue weighted by atomic mass is 9.96. The molecule has 3 nitrogen and oxygen atoms in total. The predicted octanol–water partition coefficient (Wildman–Crippen LogP) is 2.51. The summed E-state index contributed by atoms with van der Waals surface area (Å²) in [6, 6.07) is 0.655. The second-order valence-corrected chi connectivity index (χ2v) is 5.67. The van der Waals surface area contributed by atoms with Gasteiger partial charge in [-0.3, -0.25) is 4.90 Å². The maximum Gasteiger partial charge on any atom is 0.0587 e. The smallest absolute Gasteiger partial charge is 0.0587 e. The van der Waals surface area contributed by atoms with Gasteiger partial charge < -0.3 is 10.1 Å². The Morgan fingerprint density at radius 2 is 2.17 bits per heavy atom. The molecule has 3 heteroatoms. The lowest BCUT2D eigenvalue weighted by molar-refractivity contribution is 0.184. The van der Waals surface area contributed by atoms with Crippen molar-refractivity contribution in [1.82, 2.24) is 10.2 Å². The normalized spacial score (nSPS) is 23.8. The van der Waals surface area contributed by atoms with Gasteiger partial charge in [0.1, 0.15) is 0 Å². The Morgan fingerprint density at radius 1 is 1.33 bits per heavy atom. The van der Waals surface area contributed by atoms with Gasteiger partial charge in [0.15, 0.2) is 0 Å². The number of likely N-dealkylation sites (tertiary alicyclic amines) is 1. The van der Waals surface area contributed by atoms with Crippen molar-refractivity contribution in [2.75, 3.05) is 39.9 Å². The van der Waals surface area contributed by atoms with Crippen LogP contribution in [0.5, 0.6) is 0 Å². The molecule has 0 saturated carbocycles. The van der Waals surface area contributed by atoms with E-state index in [1.807, 2.05) is 0 Å². The minimum atomic E-state index is 0.655. The standard InChI is InChI=1S/C15H32N2O/c1-4-6-15-7-5-10-17(11-8-15)14(2)13-16-9-12-18-3/h14-16H,4-13H2,1-3H3. The van der Waals surface area contributed by atoms with Crippen molar-refractivity contribution >= 4 is 0 Å². The molecule has 1 aliphatic rings. The Bertz CT molecular complexity index is 199. The Labute approximate surface area is 113 Å². The maximum atomic E-state index is 5.05. The van der Waals surface area contributed by atoms with E-state index in [1.165, 1.54) is 45.2 Å². The SMILES string of the molecule is CCCC1CCCN(C(C)CNCCOC)CC1. The summed E-state index contributed by atoms with van der Waals surface area (Å²) in [5.41, 5.74) is 0. The number of rotatable bonds is 8. The van der Waals surface area contributed by atoms with Crippen LogP contribution in [0.4, 0.5) is 0 Å². The lowest BCUT2D eigenvalue weighted by Crippen LogP contribution is -2.41. The first kappa shape index (κ1) is 15.9. The van der Waals surface area contributed by atoms with E-state index in [1.54, 1.807) is 7.11 Å². The molecule has 1 aliphatic heterocycles. The molecular formula is C15H32N2O. The summed E-state index contributed by atoms with van der Waals surface area (Å²) in [6.45, 7) is 10.1. The number of hydrogen-bond acceptors (Lipinski definition) is 3. The van der Waals surface area contributed by atoms with Crippen molar-refractivity contribution in [1.29, 1.82) is 0 Å². The third-order valence-corrected chi connectivity index (χ3v) is 4.13. The van der Waals surface area contributed by atoms with Crippen LogP contribution in [0.2, 0.25) is 0 Å². The molecule has 1 saturated heterocycles. The molecule has 0 amide bonds. The summed E-state index contributed by atoms with van der Waals surface area (Å²) in [4.78, 5) is 2.66. The molecule has 2 unspecified atom stereocenters. The first-order valence-corrected chi connectivity index (χ1v) is 7.71. The summed E-state index contributed by atoms with van der Waals surface area (Å²) in [5, 5.41) is 3.47. The summed E-state index contributed by atoms with van der Waals surface area (Å²) in [7, 11) is 1.76. The van der Waals surface area contributed by atoms with E-state index < -0.39 is 0 Å². The highest BCUT2D eigenvalue weighted by Crippen LogP contribution is 2.22. The molecule has 0 radical (unpaired) electrons. The highest BCUT2D eigenvalue weighted by Gasteiger charge is 2.19. The van der Waals surface area contributed by atoms with E-state index in [-0.39, 0.29) is 0 Å². The molecule has 0 aliphatic carbocycles. The quantitative estimate of drug-likeness (QED) is 0.675. The third kappa shape index (κ3) is 6.17. The average molecular weight is 256 g/mol. The highest BCUT2D eigenvalue weighted by molar-refractivity contribution is 4.75. The van der Waals surface area contributed by atoms with Crippen molar-refractivity contribution in [3.05, 3.63) is 0 Å². The molecular weight excluding hydrogens is 224 g/mol.